The number of nitrogens with two attached hydrogens (primary N) is 1. The molecule has 1 saturated carbocycles. The lowest BCUT2D eigenvalue weighted by Gasteiger charge is -2.10. The molecule has 0 spiro atoms. The lowest BCUT2D eigenvalue weighted by molar-refractivity contribution is 0.703. The van der Waals surface area contributed by atoms with Gasteiger partial charge in [0, 0.05) is 24.4 Å². The van der Waals surface area contributed by atoms with Crippen molar-refractivity contribution in [3.63, 3.8) is 0 Å². The summed E-state index contributed by atoms with van der Waals surface area (Å²) in [6.07, 6.45) is 6.16. The van der Waals surface area contributed by atoms with Crippen molar-refractivity contribution in [2.75, 3.05) is 6.54 Å². The molecule has 0 aliphatic heterocycles. The summed E-state index contributed by atoms with van der Waals surface area (Å²) in [5.41, 5.74) is 7.36. The average Bonchev–Trinajstić information content (AvgIpc) is 2.86. The van der Waals surface area contributed by atoms with Crippen molar-refractivity contribution < 1.29 is 0 Å². The molecule has 1 aromatic rings. The molecule has 0 radical (unpaired) electrons. The van der Waals surface area contributed by atoms with Gasteiger partial charge in [-0.15, -0.1) is 24.8 Å². The molecule has 1 aromatic heterocycles. The van der Waals surface area contributed by atoms with Gasteiger partial charge < -0.3 is 5.73 Å². The maximum Gasteiger partial charge on any atom is 0.0270 e. The molecule has 1 fully saturated rings. The quantitative estimate of drug-likeness (QED) is 0.828. The highest BCUT2D eigenvalue weighted by Crippen LogP contribution is 2.46. The van der Waals surface area contributed by atoms with Crippen LogP contribution in [0.4, 0.5) is 0 Å². The molecule has 0 aromatic carbocycles. The van der Waals surface area contributed by atoms with Crippen molar-refractivity contribution >= 4 is 24.8 Å². The summed E-state index contributed by atoms with van der Waals surface area (Å²) >= 11 is 0. The van der Waals surface area contributed by atoms with Crippen molar-refractivity contribution in [3.05, 3.63) is 30.1 Å². The Kier molecular flexibility index (Phi) is 4.68. The van der Waals surface area contributed by atoms with E-state index in [0.717, 1.165) is 6.54 Å². The molecular weight excluding hydrogens is 207 g/mol. The first-order valence-electron chi connectivity index (χ1n) is 3.98. The van der Waals surface area contributed by atoms with E-state index >= 15 is 0 Å². The molecular formula is C9H14Cl2N2. The molecule has 1 aliphatic rings. The fourth-order valence-electron chi connectivity index (χ4n) is 1.47. The number of hydrogen-bond acceptors (Lipinski definition) is 2. The molecule has 0 bridgehead atoms. The second kappa shape index (κ2) is 4.80. The Balaban J connectivity index is 0.000000720. The lowest BCUT2D eigenvalue weighted by Crippen LogP contribution is -2.19. The van der Waals surface area contributed by atoms with Crippen LogP contribution in [0.1, 0.15) is 18.4 Å². The smallest absolute Gasteiger partial charge is 0.0270 e. The van der Waals surface area contributed by atoms with Gasteiger partial charge in [-0.05, 0) is 30.5 Å². The predicted molar refractivity (Wildman–Crippen MR) is 58.7 cm³/mol. The van der Waals surface area contributed by atoms with Crippen LogP contribution in [0, 0.1) is 0 Å². The van der Waals surface area contributed by atoms with Crippen molar-refractivity contribution in [1.29, 1.82) is 0 Å². The van der Waals surface area contributed by atoms with Gasteiger partial charge in [0.25, 0.3) is 0 Å². The Morgan fingerprint density at radius 1 is 1.23 bits per heavy atom. The first-order chi connectivity index (χ1) is 5.37. The molecule has 2 rings (SSSR count). The van der Waals surface area contributed by atoms with E-state index in [4.69, 9.17) is 5.73 Å². The predicted octanol–water partition coefficient (Wildman–Crippen LogP) is 1.92. The van der Waals surface area contributed by atoms with Gasteiger partial charge in [-0.1, -0.05) is 0 Å². The Bertz CT molecular complexity index is 247. The summed E-state index contributed by atoms with van der Waals surface area (Å²) in [6.45, 7) is 0.775. The standard InChI is InChI=1S/C9H12N2.2ClH/c10-7-9(3-4-9)8-1-5-11-6-2-8;;/h1-2,5-6H,3-4,7,10H2;2*1H. The number of nitrogens with zero attached hydrogens (tertiary/aromatic N) is 1. The van der Waals surface area contributed by atoms with Crippen LogP contribution in [0.3, 0.4) is 0 Å². The summed E-state index contributed by atoms with van der Waals surface area (Å²) < 4.78 is 0. The first-order valence-corrected chi connectivity index (χ1v) is 3.98. The van der Waals surface area contributed by atoms with Crippen molar-refractivity contribution in [2.24, 2.45) is 5.73 Å². The van der Waals surface area contributed by atoms with Crippen molar-refractivity contribution in [1.82, 2.24) is 4.98 Å². The average molecular weight is 221 g/mol. The molecule has 0 unspecified atom stereocenters. The van der Waals surface area contributed by atoms with Gasteiger partial charge in [0.2, 0.25) is 0 Å². The summed E-state index contributed by atoms with van der Waals surface area (Å²) in [5, 5.41) is 0. The minimum atomic E-state index is 0. The maximum atomic E-state index is 5.68. The molecule has 0 saturated heterocycles. The normalized spacial score (nSPS) is 16.7. The number of halogens is 2. The largest absolute Gasteiger partial charge is 0.330 e. The van der Waals surface area contributed by atoms with E-state index in [1.54, 1.807) is 0 Å². The van der Waals surface area contributed by atoms with Crippen molar-refractivity contribution in [3.8, 4) is 0 Å². The molecule has 4 heteroatoms. The third kappa shape index (κ3) is 2.33. The van der Waals surface area contributed by atoms with E-state index < -0.39 is 0 Å². The second-order valence-electron chi connectivity index (χ2n) is 3.22. The Morgan fingerprint density at radius 3 is 2.15 bits per heavy atom. The summed E-state index contributed by atoms with van der Waals surface area (Å²) in [7, 11) is 0. The minimum absolute atomic E-state index is 0. The molecule has 74 valence electrons. The topological polar surface area (TPSA) is 38.9 Å². The molecule has 2 nitrogen and oxygen atoms in total. The number of aromatic nitrogens is 1. The molecule has 0 atom stereocenters. The van der Waals surface area contributed by atoms with Crippen LogP contribution in [0.15, 0.2) is 24.5 Å². The SMILES string of the molecule is Cl.Cl.NCC1(c2ccncc2)CC1. The summed E-state index contributed by atoms with van der Waals surface area (Å²) in [5.74, 6) is 0. The van der Waals surface area contributed by atoms with E-state index in [1.165, 1.54) is 18.4 Å². The number of hydrogen-bond donors (Lipinski definition) is 1. The zero-order valence-electron chi connectivity index (χ0n) is 7.27. The van der Waals surface area contributed by atoms with Gasteiger partial charge in [-0.25, -0.2) is 0 Å². The summed E-state index contributed by atoms with van der Waals surface area (Å²) in [6, 6.07) is 4.14. The van der Waals surface area contributed by atoms with Gasteiger partial charge in [-0.2, -0.15) is 0 Å². The Labute approximate surface area is 90.8 Å². The van der Waals surface area contributed by atoms with Crippen LogP contribution >= 0.6 is 24.8 Å². The first kappa shape index (κ1) is 12.7. The van der Waals surface area contributed by atoms with Crippen molar-refractivity contribution in [2.45, 2.75) is 18.3 Å². The molecule has 2 N–H and O–H groups in total. The number of pyridine rings is 1. The lowest BCUT2D eigenvalue weighted by atomic mass is 9.98. The highest BCUT2D eigenvalue weighted by atomic mass is 35.5. The van der Waals surface area contributed by atoms with E-state index in [9.17, 15) is 0 Å². The highest BCUT2D eigenvalue weighted by molar-refractivity contribution is 5.85. The fourth-order valence-corrected chi connectivity index (χ4v) is 1.47. The Hall–Kier alpha value is -0.310. The van der Waals surface area contributed by atoms with Crippen LogP contribution in [0.2, 0.25) is 0 Å². The zero-order valence-corrected chi connectivity index (χ0v) is 8.90. The van der Waals surface area contributed by atoms with Gasteiger partial charge >= 0.3 is 0 Å². The summed E-state index contributed by atoms with van der Waals surface area (Å²) in [4.78, 5) is 3.98. The fraction of sp³-hybridized carbons (Fsp3) is 0.444. The zero-order chi connectivity index (χ0) is 7.73. The molecule has 0 amide bonds. The van der Waals surface area contributed by atoms with Gasteiger partial charge in [0.1, 0.15) is 0 Å². The monoisotopic (exact) mass is 220 g/mol. The van der Waals surface area contributed by atoms with E-state index in [2.05, 4.69) is 17.1 Å². The maximum absolute atomic E-state index is 5.68. The van der Waals surface area contributed by atoms with Crippen LogP contribution < -0.4 is 5.73 Å². The van der Waals surface area contributed by atoms with Crippen LogP contribution in [-0.4, -0.2) is 11.5 Å². The molecule has 13 heavy (non-hydrogen) atoms. The van der Waals surface area contributed by atoms with E-state index in [1.807, 2.05) is 12.4 Å². The van der Waals surface area contributed by atoms with Gasteiger partial charge in [0.05, 0.1) is 0 Å². The van der Waals surface area contributed by atoms with Crippen LogP contribution in [0.5, 0.6) is 0 Å². The third-order valence-electron chi connectivity index (χ3n) is 2.54. The van der Waals surface area contributed by atoms with Crippen LogP contribution in [0.25, 0.3) is 0 Å². The van der Waals surface area contributed by atoms with Crippen LogP contribution in [-0.2, 0) is 5.41 Å². The van der Waals surface area contributed by atoms with E-state index in [0.29, 0.717) is 5.41 Å². The molecule has 1 heterocycles. The minimum Gasteiger partial charge on any atom is -0.330 e. The molecule has 1 aliphatic carbocycles. The Morgan fingerprint density at radius 2 is 1.77 bits per heavy atom. The van der Waals surface area contributed by atoms with Gasteiger partial charge in [-0.3, -0.25) is 4.98 Å². The van der Waals surface area contributed by atoms with Gasteiger partial charge in [0.15, 0.2) is 0 Å². The third-order valence-corrected chi connectivity index (χ3v) is 2.54. The second-order valence-corrected chi connectivity index (χ2v) is 3.22. The number of rotatable bonds is 2. The van der Waals surface area contributed by atoms with E-state index in [-0.39, 0.29) is 24.8 Å². The highest BCUT2D eigenvalue weighted by Gasteiger charge is 2.42.